The first-order valence-corrected chi connectivity index (χ1v) is 13.3. The van der Waals surface area contributed by atoms with Gasteiger partial charge in [-0.15, -0.1) is 0 Å². The third kappa shape index (κ3) is 4.00. The van der Waals surface area contributed by atoms with Crippen molar-refractivity contribution < 1.29 is 9.53 Å². The molecule has 0 aliphatic carbocycles. The number of nitrogens with zero attached hydrogens (tertiary/aromatic N) is 1. The van der Waals surface area contributed by atoms with E-state index in [1.807, 2.05) is 31.5 Å². The van der Waals surface area contributed by atoms with E-state index in [1.165, 1.54) is 11.1 Å². The van der Waals surface area contributed by atoms with Crippen molar-refractivity contribution in [2.45, 2.75) is 31.9 Å². The van der Waals surface area contributed by atoms with Crippen molar-refractivity contribution in [3.63, 3.8) is 0 Å². The molecule has 0 saturated carbocycles. The molecule has 1 aromatic heterocycles. The van der Waals surface area contributed by atoms with Gasteiger partial charge in [0.1, 0.15) is 0 Å². The van der Waals surface area contributed by atoms with Crippen LogP contribution in [-0.2, 0) is 13.7 Å². The average Bonchev–Trinajstić information content (AvgIpc) is 2.84. The molecule has 0 bridgehead atoms. The molecule has 2 rings (SSSR count). The van der Waals surface area contributed by atoms with Gasteiger partial charge in [0.15, 0.2) is 0 Å². The number of rotatable bonds is 4. The van der Waals surface area contributed by atoms with Crippen LogP contribution in [0.15, 0.2) is 43.3 Å². The molecule has 0 saturated heterocycles. The summed E-state index contributed by atoms with van der Waals surface area (Å²) >= 11 is -2.27. The van der Waals surface area contributed by atoms with Crippen LogP contribution in [0.1, 0.15) is 33.3 Å². The Morgan fingerprint density at radius 1 is 1.29 bits per heavy atom. The van der Waals surface area contributed by atoms with Crippen molar-refractivity contribution in [3.8, 4) is 0 Å². The molecule has 0 unspecified atom stereocenters. The minimum atomic E-state index is -2.27. The molecule has 4 heteroatoms. The fraction of sp³-hybridized carbons (Fsp3) is 0.412. The van der Waals surface area contributed by atoms with Crippen LogP contribution in [0.25, 0.3) is 0 Å². The second-order valence-electron chi connectivity index (χ2n) is 6.32. The molecule has 110 valence electrons. The van der Waals surface area contributed by atoms with E-state index in [1.54, 1.807) is 0 Å². The molecule has 21 heavy (non-hydrogen) atoms. The number of hydrogen-bond donors (Lipinski definition) is 0. The Kier molecular flexibility index (Phi) is 5.31. The molecule has 0 aromatic carbocycles. The monoisotopic (exact) mass is 387 g/mol. The van der Waals surface area contributed by atoms with Crippen LogP contribution >= 0.6 is 0 Å². The van der Waals surface area contributed by atoms with Gasteiger partial charge in [-0.1, -0.05) is 0 Å². The average molecular weight is 387 g/mol. The molecule has 0 spiro atoms. The first-order valence-electron chi connectivity index (χ1n) is 7.42. The zero-order valence-corrected chi connectivity index (χ0v) is 16.5. The quantitative estimate of drug-likeness (QED) is 0.745. The van der Waals surface area contributed by atoms with Crippen molar-refractivity contribution in [2.75, 3.05) is 6.61 Å². The van der Waals surface area contributed by atoms with Crippen molar-refractivity contribution in [1.82, 2.24) is 4.98 Å². The van der Waals surface area contributed by atoms with Gasteiger partial charge in [-0.3, -0.25) is 0 Å². The zero-order chi connectivity index (χ0) is 15.5. The summed E-state index contributed by atoms with van der Waals surface area (Å²) in [7, 11) is 0. The first kappa shape index (κ1) is 16.3. The predicted octanol–water partition coefficient (Wildman–Crippen LogP) is 3.21. The van der Waals surface area contributed by atoms with Gasteiger partial charge >= 0.3 is 135 Å². The van der Waals surface area contributed by atoms with Crippen LogP contribution in [0.3, 0.4) is 0 Å². The minimum absolute atomic E-state index is 0.0114. The van der Waals surface area contributed by atoms with E-state index in [9.17, 15) is 4.79 Å². The summed E-state index contributed by atoms with van der Waals surface area (Å²) in [5, 5.41) is 0. The van der Waals surface area contributed by atoms with Crippen LogP contribution in [0.2, 0.25) is 0 Å². The van der Waals surface area contributed by atoms with Gasteiger partial charge in [-0.2, -0.15) is 0 Å². The van der Waals surface area contributed by atoms with E-state index in [0.29, 0.717) is 6.61 Å². The SMILES string of the molecule is CCOC(=O)[C]1=C(C(C)(C)C)C=[CH][In]1[CH2]c1ccncc1. The van der Waals surface area contributed by atoms with Crippen molar-refractivity contribution in [3.05, 3.63) is 48.9 Å². The summed E-state index contributed by atoms with van der Waals surface area (Å²) < 4.78 is 9.68. The summed E-state index contributed by atoms with van der Waals surface area (Å²) in [4.78, 5) is 16.5. The van der Waals surface area contributed by atoms with E-state index in [4.69, 9.17) is 4.74 Å². The number of ether oxygens (including phenoxy) is 1. The number of aromatic nitrogens is 1. The third-order valence-corrected chi connectivity index (χ3v) is 11.8. The molecule has 1 aliphatic rings. The van der Waals surface area contributed by atoms with Crippen molar-refractivity contribution in [1.29, 1.82) is 0 Å². The van der Waals surface area contributed by atoms with E-state index in [2.05, 4.69) is 35.7 Å². The van der Waals surface area contributed by atoms with Gasteiger partial charge in [0.2, 0.25) is 0 Å². The van der Waals surface area contributed by atoms with Crippen LogP contribution in [0.5, 0.6) is 0 Å². The third-order valence-electron chi connectivity index (χ3n) is 3.66. The van der Waals surface area contributed by atoms with Gasteiger partial charge < -0.3 is 0 Å². The summed E-state index contributed by atoms with van der Waals surface area (Å²) in [5.41, 5.74) is 2.44. The normalized spacial score (nSPS) is 14.8. The van der Waals surface area contributed by atoms with Gasteiger partial charge in [0.05, 0.1) is 0 Å². The summed E-state index contributed by atoms with van der Waals surface area (Å²) in [6.45, 7) is 8.78. The summed E-state index contributed by atoms with van der Waals surface area (Å²) in [6.07, 6.45) is 5.81. The molecule has 0 radical (unpaired) electrons. The fourth-order valence-electron chi connectivity index (χ4n) is 2.67. The number of allylic oxidation sites excluding steroid dienone is 2. The van der Waals surface area contributed by atoms with Crippen LogP contribution < -0.4 is 0 Å². The van der Waals surface area contributed by atoms with E-state index >= 15 is 0 Å². The Labute approximate surface area is 134 Å². The molecule has 3 nitrogen and oxygen atoms in total. The molecule has 1 aliphatic heterocycles. The Bertz CT molecular complexity index is 570. The number of carbonyl (C=O) groups is 1. The second-order valence-corrected chi connectivity index (χ2v) is 13.7. The molecule has 1 aromatic rings. The summed E-state index contributed by atoms with van der Waals surface area (Å²) in [5.74, 6) is -0.0951. The van der Waals surface area contributed by atoms with Crippen LogP contribution in [-0.4, -0.2) is 39.0 Å². The molecular weight excluding hydrogens is 365 g/mol. The zero-order valence-electron chi connectivity index (χ0n) is 13.2. The van der Waals surface area contributed by atoms with E-state index in [0.717, 1.165) is 7.51 Å². The van der Waals surface area contributed by atoms with Gasteiger partial charge in [0, 0.05) is 0 Å². The number of carbonyl (C=O) groups excluding carboxylic acids is 1. The van der Waals surface area contributed by atoms with Crippen LogP contribution in [0.4, 0.5) is 0 Å². The Morgan fingerprint density at radius 3 is 2.52 bits per heavy atom. The molecule has 0 atom stereocenters. The van der Waals surface area contributed by atoms with Crippen LogP contribution in [0, 0.1) is 5.41 Å². The molecule has 0 fully saturated rings. The Hall–Kier alpha value is -1.03. The van der Waals surface area contributed by atoms with E-state index in [-0.39, 0.29) is 11.4 Å². The van der Waals surface area contributed by atoms with E-state index < -0.39 is 21.4 Å². The fourth-order valence-corrected chi connectivity index (χ4v) is 11.4. The Balaban J connectivity index is 2.31. The van der Waals surface area contributed by atoms with Gasteiger partial charge in [0.25, 0.3) is 0 Å². The van der Waals surface area contributed by atoms with Gasteiger partial charge in [-0.05, 0) is 0 Å². The predicted molar refractivity (Wildman–Crippen MR) is 85.9 cm³/mol. The summed E-state index contributed by atoms with van der Waals surface area (Å²) in [6, 6.07) is 4.09. The molecule has 0 amide bonds. The molecule has 2 heterocycles. The number of esters is 1. The Morgan fingerprint density at radius 2 is 1.95 bits per heavy atom. The molecule has 0 N–H and O–H groups in total. The maximum absolute atomic E-state index is 12.4. The second kappa shape index (κ2) is 6.82. The van der Waals surface area contributed by atoms with Gasteiger partial charge in [-0.25, -0.2) is 0 Å². The molecular formula is C17H22InNO2. The maximum atomic E-state index is 12.4. The number of hydrogen-bond acceptors (Lipinski definition) is 3. The topological polar surface area (TPSA) is 39.2 Å². The standard InChI is InChI=1S/C11H16O2.C6H6N.In/c1-6-9(11(3,4)5)8-10(12)13-7-2;1-6-2-4-7-5-3-6;/h1,6H,7H2,2-5H3;2-5H,1H2;. The first-order chi connectivity index (χ1) is 9.93. The van der Waals surface area contributed by atoms with Crippen molar-refractivity contribution >= 4 is 27.4 Å². The van der Waals surface area contributed by atoms with Crippen molar-refractivity contribution in [2.24, 2.45) is 5.41 Å². The number of pyridine rings is 1.